The topological polar surface area (TPSA) is 57.7 Å². The van der Waals surface area contributed by atoms with Crippen molar-refractivity contribution < 1.29 is 19.0 Å². The molecule has 0 spiro atoms. The zero-order valence-corrected chi connectivity index (χ0v) is 15.7. The van der Waals surface area contributed by atoms with Crippen LogP contribution in [0.25, 0.3) is 10.2 Å². The van der Waals surface area contributed by atoms with E-state index < -0.39 is 0 Å². The van der Waals surface area contributed by atoms with Crippen LogP contribution in [0.15, 0.2) is 40.7 Å². The monoisotopic (exact) mass is 375 g/mol. The SMILES string of the molecule is COc1ccc(C(=O)CSc2nc3ccccc3s2)c(OC)c1OC. The minimum absolute atomic E-state index is 0.0536. The lowest BCUT2D eigenvalue weighted by Gasteiger charge is -2.14. The summed E-state index contributed by atoms with van der Waals surface area (Å²) in [6.07, 6.45) is 0. The second-order valence-electron chi connectivity index (χ2n) is 5.04. The Balaban J connectivity index is 1.81. The number of ether oxygens (including phenoxy) is 3. The fraction of sp³-hybridized carbons (Fsp3) is 0.222. The van der Waals surface area contributed by atoms with E-state index in [4.69, 9.17) is 14.2 Å². The molecule has 3 rings (SSSR count). The molecule has 0 unspecified atom stereocenters. The highest BCUT2D eigenvalue weighted by molar-refractivity contribution is 8.01. The summed E-state index contributed by atoms with van der Waals surface area (Å²) in [5.41, 5.74) is 1.42. The summed E-state index contributed by atoms with van der Waals surface area (Å²) < 4.78 is 17.9. The molecule has 7 heteroatoms. The largest absolute Gasteiger partial charge is 0.493 e. The van der Waals surface area contributed by atoms with Gasteiger partial charge in [0, 0.05) is 0 Å². The summed E-state index contributed by atoms with van der Waals surface area (Å²) in [6.45, 7) is 0. The van der Waals surface area contributed by atoms with Crippen molar-refractivity contribution in [2.45, 2.75) is 4.34 Å². The van der Waals surface area contributed by atoms with Crippen LogP contribution in [0.2, 0.25) is 0 Å². The smallest absolute Gasteiger partial charge is 0.204 e. The van der Waals surface area contributed by atoms with Crippen molar-refractivity contribution in [2.24, 2.45) is 0 Å². The van der Waals surface area contributed by atoms with Gasteiger partial charge in [-0.3, -0.25) is 4.79 Å². The van der Waals surface area contributed by atoms with Crippen LogP contribution in [0.5, 0.6) is 17.2 Å². The molecule has 25 heavy (non-hydrogen) atoms. The molecule has 0 radical (unpaired) electrons. The fourth-order valence-electron chi connectivity index (χ4n) is 2.44. The van der Waals surface area contributed by atoms with Crippen molar-refractivity contribution >= 4 is 39.1 Å². The summed E-state index contributed by atoms with van der Waals surface area (Å²) >= 11 is 3.00. The minimum atomic E-state index is -0.0536. The van der Waals surface area contributed by atoms with E-state index in [2.05, 4.69) is 4.98 Å². The Morgan fingerprint density at radius 1 is 1.04 bits per heavy atom. The second-order valence-corrected chi connectivity index (χ2v) is 7.29. The van der Waals surface area contributed by atoms with Crippen molar-refractivity contribution in [3.8, 4) is 17.2 Å². The molecule has 0 aliphatic carbocycles. The Morgan fingerprint density at radius 2 is 1.80 bits per heavy atom. The predicted molar refractivity (Wildman–Crippen MR) is 101 cm³/mol. The van der Waals surface area contributed by atoms with Gasteiger partial charge >= 0.3 is 0 Å². The second kappa shape index (κ2) is 7.76. The molecule has 0 aliphatic heterocycles. The molecule has 5 nitrogen and oxygen atoms in total. The molecular weight excluding hydrogens is 358 g/mol. The number of para-hydroxylation sites is 1. The van der Waals surface area contributed by atoms with Crippen molar-refractivity contribution in [1.82, 2.24) is 4.98 Å². The number of thiazole rings is 1. The maximum absolute atomic E-state index is 12.7. The third kappa shape index (κ3) is 3.57. The number of Topliss-reactive ketones (excluding diaryl/α,β-unsaturated/α-hetero) is 1. The number of thioether (sulfide) groups is 1. The normalized spacial score (nSPS) is 10.7. The fourth-order valence-corrected chi connectivity index (χ4v) is 4.39. The van der Waals surface area contributed by atoms with E-state index >= 15 is 0 Å². The zero-order chi connectivity index (χ0) is 17.8. The number of carbonyl (C=O) groups excluding carboxylic acids is 1. The average Bonchev–Trinajstić information content (AvgIpc) is 3.07. The van der Waals surface area contributed by atoms with Gasteiger partial charge in [-0.25, -0.2) is 4.98 Å². The quantitative estimate of drug-likeness (QED) is 0.453. The summed E-state index contributed by atoms with van der Waals surface area (Å²) in [7, 11) is 4.57. The first-order valence-corrected chi connectivity index (χ1v) is 9.28. The van der Waals surface area contributed by atoms with Crippen LogP contribution in [0.3, 0.4) is 0 Å². The molecule has 1 aromatic heterocycles. The molecule has 0 fully saturated rings. The van der Waals surface area contributed by atoms with E-state index in [9.17, 15) is 4.79 Å². The molecule has 1 heterocycles. The van der Waals surface area contributed by atoms with Gasteiger partial charge in [0.2, 0.25) is 5.75 Å². The lowest BCUT2D eigenvalue weighted by atomic mass is 10.1. The van der Waals surface area contributed by atoms with Gasteiger partial charge in [0.25, 0.3) is 0 Å². The highest BCUT2D eigenvalue weighted by Gasteiger charge is 2.21. The van der Waals surface area contributed by atoms with Crippen molar-refractivity contribution in [3.05, 3.63) is 42.0 Å². The maximum atomic E-state index is 12.7. The standard InChI is InChI=1S/C18H17NO4S2/c1-21-14-9-8-11(16(22-2)17(14)23-3)13(20)10-24-18-19-12-6-4-5-7-15(12)25-18/h4-9H,10H2,1-3H3. The number of hydrogen-bond donors (Lipinski definition) is 0. The number of benzene rings is 2. The molecule has 2 aromatic carbocycles. The number of aromatic nitrogens is 1. The third-order valence-corrected chi connectivity index (χ3v) is 5.78. The summed E-state index contributed by atoms with van der Waals surface area (Å²) in [5.74, 6) is 1.54. The number of hydrogen-bond acceptors (Lipinski definition) is 7. The molecule has 0 aliphatic rings. The molecule has 0 saturated carbocycles. The van der Waals surface area contributed by atoms with Crippen LogP contribution >= 0.6 is 23.1 Å². The number of carbonyl (C=O) groups is 1. The predicted octanol–water partition coefficient (Wildman–Crippen LogP) is 4.30. The van der Waals surface area contributed by atoms with E-state index in [-0.39, 0.29) is 11.5 Å². The van der Waals surface area contributed by atoms with Crippen molar-refractivity contribution in [3.63, 3.8) is 0 Å². The zero-order valence-electron chi connectivity index (χ0n) is 14.1. The molecule has 0 amide bonds. The van der Waals surface area contributed by atoms with Crippen LogP contribution in [0.1, 0.15) is 10.4 Å². The van der Waals surface area contributed by atoms with E-state index in [1.54, 1.807) is 30.6 Å². The van der Waals surface area contributed by atoms with E-state index in [1.807, 2.05) is 24.3 Å². The molecule has 3 aromatic rings. The molecular formula is C18H17NO4S2. The van der Waals surface area contributed by atoms with Gasteiger partial charge in [0.1, 0.15) is 0 Å². The number of methoxy groups -OCH3 is 3. The van der Waals surface area contributed by atoms with Gasteiger partial charge in [-0.15, -0.1) is 11.3 Å². The highest BCUT2D eigenvalue weighted by atomic mass is 32.2. The van der Waals surface area contributed by atoms with E-state index in [0.29, 0.717) is 22.8 Å². The Labute approximate surface area is 153 Å². The van der Waals surface area contributed by atoms with Gasteiger partial charge in [-0.05, 0) is 24.3 Å². The van der Waals surface area contributed by atoms with Gasteiger partial charge in [-0.2, -0.15) is 0 Å². The van der Waals surface area contributed by atoms with E-state index in [1.165, 1.54) is 26.0 Å². The summed E-state index contributed by atoms with van der Waals surface area (Å²) in [5, 5.41) is 0. The highest BCUT2D eigenvalue weighted by Crippen LogP contribution is 2.40. The molecule has 0 saturated heterocycles. The van der Waals surface area contributed by atoms with Crippen LogP contribution in [0.4, 0.5) is 0 Å². The molecule has 0 bridgehead atoms. The van der Waals surface area contributed by atoms with Gasteiger partial charge in [0.05, 0.1) is 42.9 Å². The van der Waals surface area contributed by atoms with Gasteiger partial charge in [-0.1, -0.05) is 23.9 Å². The average molecular weight is 375 g/mol. The number of rotatable bonds is 7. The number of nitrogens with zero attached hydrogens (tertiary/aromatic N) is 1. The van der Waals surface area contributed by atoms with Crippen LogP contribution in [-0.4, -0.2) is 37.8 Å². The van der Waals surface area contributed by atoms with E-state index in [0.717, 1.165) is 14.6 Å². The Morgan fingerprint density at radius 3 is 2.48 bits per heavy atom. The third-order valence-electron chi connectivity index (χ3n) is 3.61. The van der Waals surface area contributed by atoms with Crippen LogP contribution in [-0.2, 0) is 0 Å². The number of fused-ring (bicyclic) bond motifs is 1. The first-order valence-electron chi connectivity index (χ1n) is 7.48. The Hall–Kier alpha value is -2.25. The lowest BCUT2D eigenvalue weighted by molar-refractivity contribution is 0.101. The molecule has 0 N–H and O–H groups in total. The first kappa shape index (κ1) is 17.6. The molecule has 130 valence electrons. The van der Waals surface area contributed by atoms with Crippen LogP contribution < -0.4 is 14.2 Å². The summed E-state index contributed by atoms with van der Waals surface area (Å²) in [6, 6.07) is 11.3. The minimum Gasteiger partial charge on any atom is -0.493 e. The maximum Gasteiger partial charge on any atom is 0.204 e. The number of ketones is 1. The van der Waals surface area contributed by atoms with Crippen molar-refractivity contribution in [2.75, 3.05) is 27.1 Å². The van der Waals surface area contributed by atoms with Gasteiger partial charge in [0.15, 0.2) is 21.6 Å². The van der Waals surface area contributed by atoms with Gasteiger partial charge < -0.3 is 14.2 Å². The first-order chi connectivity index (χ1) is 12.2. The molecule has 0 atom stereocenters. The Kier molecular flexibility index (Phi) is 5.45. The summed E-state index contributed by atoms with van der Waals surface area (Å²) in [4.78, 5) is 17.2. The lowest BCUT2D eigenvalue weighted by Crippen LogP contribution is -2.07. The Bertz CT molecular complexity index is 874. The van der Waals surface area contributed by atoms with Crippen LogP contribution in [0, 0.1) is 0 Å². The van der Waals surface area contributed by atoms with Crippen molar-refractivity contribution in [1.29, 1.82) is 0 Å².